The Morgan fingerprint density at radius 3 is 2.50 bits per heavy atom. The Morgan fingerprint density at radius 2 is 1.89 bits per heavy atom. The Kier molecular flexibility index (Phi) is 3.95. The maximum atomic E-state index is 13.5. The fourth-order valence-electron chi connectivity index (χ4n) is 1.45. The lowest BCUT2D eigenvalue weighted by Crippen LogP contribution is -1.97. The second kappa shape index (κ2) is 5.65. The van der Waals surface area contributed by atoms with E-state index in [1.165, 1.54) is 12.1 Å². The van der Waals surface area contributed by atoms with Crippen LogP contribution < -0.4 is 4.74 Å². The molecule has 0 aromatic heterocycles. The largest absolute Gasteiger partial charge is 0.486 e. The Labute approximate surface area is 109 Å². The summed E-state index contributed by atoms with van der Waals surface area (Å²) in [7, 11) is 0. The summed E-state index contributed by atoms with van der Waals surface area (Å²) in [6.45, 7) is 0.245. The quantitative estimate of drug-likeness (QED) is 0.784. The number of hydrogen-bond donors (Lipinski definition) is 0. The first-order valence-electron chi connectivity index (χ1n) is 5.31. The summed E-state index contributed by atoms with van der Waals surface area (Å²) >= 11 is 5.75. The number of rotatable bonds is 4. The van der Waals surface area contributed by atoms with Crippen LogP contribution in [0, 0.1) is 5.82 Å². The van der Waals surface area contributed by atoms with E-state index in [-0.39, 0.29) is 17.9 Å². The Bertz CT molecular complexity index is 552. The molecule has 2 aromatic rings. The second-order valence-electron chi connectivity index (χ2n) is 3.72. The molecular formula is C14H10ClFO2. The van der Waals surface area contributed by atoms with Crippen molar-refractivity contribution in [2.24, 2.45) is 0 Å². The molecule has 0 radical (unpaired) electrons. The minimum absolute atomic E-state index is 0.121. The van der Waals surface area contributed by atoms with E-state index in [1.54, 1.807) is 24.3 Å². The van der Waals surface area contributed by atoms with E-state index in [0.717, 1.165) is 11.6 Å². The molecule has 2 aromatic carbocycles. The highest BCUT2D eigenvalue weighted by Crippen LogP contribution is 2.19. The predicted molar refractivity (Wildman–Crippen MR) is 67.6 cm³/mol. The predicted octanol–water partition coefficient (Wildman–Crippen LogP) is 3.87. The van der Waals surface area contributed by atoms with Crippen molar-refractivity contribution in [3.63, 3.8) is 0 Å². The maximum Gasteiger partial charge on any atom is 0.165 e. The molecule has 0 atom stereocenters. The third-order valence-corrected chi connectivity index (χ3v) is 2.65. The molecule has 0 saturated carbocycles. The van der Waals surface area contributed by atoms with Crippen LogP contribution in [0.15, 0.2) is 42.5 Å². The molecule has 2 nitrogen and oxygen atoms in total. The first-order chi connectivity index (χ1) is 8.69. The molecule has 0 fully saturated rings. The van der Waals surface area contributed by atoms with E-state index in [0.29, 0.717) is 11.3 Å². The van der Waals surface area contributed by atoms with Gasteiger partial charge in [-0.3, -0.25) is 4.79 Å². The van der Waals surface area contributed by atoms with Crippen LogP contribution in [-0.4, -0.2) is 6.29 Å². The standard InChI is InChI=1S/C14H10ClFO2/c15-12-4-1-10(2-5-12)9-18-14-6-3-11(8-17)7-13(14)16/h1-8H,9H2. The van der Waals surface area contributed by atoms with Gasteiger partial charge in [-0.25, -0.2) is 4.39 Å². The van der Waals surface area contributed by atoms with Crippen LogP contribution in [0.2, 0.25) is 5.02 Å². The molecule has 0 spiro atoms. The molecule has 0 unspecified atom stereocenters. The van der Waals surface area contributed by atoms with Crippen molar-refractivity contribution in [1.29, 1.82) is 0 Å². The lowest BCUT2D eigenvalue weighted by Gasteiger charge is -2.07. The highest BCUT2D eigenvalue weighted by molar-refractivity contribution is 6.30. The molecule has 0 aliphatic rings. The summed E-state index contributed by atoms with van der Waals surface area (Å²) in [5.74, 6) is -0.427. The van der Waals surface area contributed by atoms with Gasteiger partial charge in [0.25, 0.3) is 0 Å². The average molecular weight is 265 g/mol. The zero-order valence-corrected chi connectivity index (χ0v) is 10.2. The van der Waals surface area contributed by atoms with Gasteiger partial charge in [-0.1, -0.05) is 23.7 Å². The van der Waals surface area contributed by atoms with Gasteiger partial charge in [-0.15, -0.1) is 0 Å². The number of carbonyl (C=O) groups is 1. The zero-order chi connectivity index (χ0) is 13.0. The van der Waals surface area contributed by atoms with E-state index >= 15 is 0 Å². The van der Waals surface area contributed by atoms with Crippen LogP contribution >= 0.6 is 11.6 Å². The number of carbonyl (C=O) groups excluding carboxylic acids is 1. The normalized spacial score (nSPS) is 10.1. The zero-order valence-electron chi connectivity index (χ0n) is 9.40. The Morgan fingerprint density at radius 1 is 1.17 bits per heavy atom. The van der Waals surface area contributed by atoms with Crippen LogP contribution in [0.25, 0.3) is 0 Å². The van der Waals surface area contributed by atoms with Crippen LogP contribution in [0.4, 0.5) is 4.39 Å². The van der Waals surface area contributed by atoms with Gasteiger partial charge in [0.15, 0.2) is 11.6 Å². The third kappa shape index (κ3) is 3.08. The molecule has 0 aliphatic heterocycles. The first-order valence-corrected chi connectivity index (χ1v) is 5.69. The van der Waals surface area contributed by atoms with Gasteiger partial charge in [0.1, 0.15) is 12.9 Å². The van der Waals surface area contributed by atoms with Crippen molar-refractivity contribution >= 4 is 17.9 Å². The smallest absolute Gasteiger partial charge is 0.165 e. The molecule has 0 saturated heterocycles. The van der Waals surface area contributed by atoms with Crippen LogP contribution in [-0.2, 0) is 6.61 Å². The van der Waals surface area contributed by atoms with Crippen molar-refractivity contribution in [3.05, 3.63) is 64.4 Å². The Hall–Kier alpha value is -1.87. The summed E-state index contributed by atoms with van der Waals surface area (Å²) in [5, 5.41) is 0.639. The van der Waals surface area contributed by atoms with Gasteiger partial charge in [0.2, 0.25) is 0 Å². The van der Waals surface area contributed by atoms with Crippen molar-refractivity contribution in [3.8, 4) is 5.75 Å². The van der Waals surface area contributed by atoms with Crippen molar-refractivity contribution in [2.75, 3.05) is 0 Å². The first kappa shape index (κ1) is 12.6. The summed E-state index contributed by atoms with van der Waals surface area (Å²) < 4.78 is 18.8. The minimum Gasteiger partial charge on any atom is -0.486 e. The van der Waals surface area contributed by atoms with E-state index < -0.39 is 5.82 Å². The van der Waals surface area contributed by atoms with Crippen LogP contribution in [0.1, 0.15) is 15.9 Å². The third-order valence-electron chi connectivity index (χ3n) is 2.40. The van der Waals surface area contributed by atoms with Crippen molar-refractivity contribution in [2.45, 2.75) is 6.61 Å². The van der Waals surface area contributed by atoms with Crippen molar-refractivity contribution < 1.29 is 13.9 Å². The van der Waals surface area contributed by atoms with Gasteiger partial charge >= 0.3 is 0 Å². The van der Waals surface area contributed by atoms with E-state index in [9.17, 15) is 9.18 Å². The van der Waals surface area contributed by atoms with E-state index in [4.69, 9.17) is 16.3 Å². The lowest BCUT2D eigenvalue weighted by atomic mass is 10.2. The van der Waals surface area contributed by atoms with Crippen LogP contribution in [0.3, 0.4) is 0 Å². The lowest BCUT2D eigenvalue weighted by molar-refractivity contribution is 0.112. The topological polar surface area (TPSA) is 26.3 Å². The number of ether oxygens (including phenoxy) is 1. The van der Waals surface area contributed by atoms with E-state index in [2.05, 4.69) is 0 Å². The summed E-state index contributed by atoms with van der Waals surface area (Å²) in [5.41, 5.74) is 1.17. The molecule has 4 heteroatoms. The summed E-state index contributed by atoms with van der Waals surface area (Å²) in [4.78, 5) is 10.5. The summed E-state index contributed by atoms with van der Waals surface area (Å²) in [6.07, 6.45) is 0.589. The Balaban J connectivity index is 2.06. The molecule has 0 heterocycles. The average Bonchev–Trinajstić information content (AvgIpc) is 2.39. The molecule has 2 rings (SSSR count). The molecule has 0 aliphatic carbocycles. The molecular weight excluding hydrogens is 255 g/mol. The summed E-state index contributed by atoms with van der Waals surface area (Å²) in [6, 6.07) is 11.2. The molecule has 0 amide bonds. The fourth-order valence-corrected chi connectivity index (χ4v) is 1.58. The van der Waals surface area contributed by atoms with Gasteiger partial charge in [0, 0.05) is 10.6 Å². The van der Waals surface area contributed by atoms with Crippen molar-refractivity contribution in [1.82, 2.24) is 0 Å². The number of hydrogen-bond acceptors (Lipinski definition) is 2. The van der Waals surface area contributed by atoms with Gasteiger partial charge < -0.3 is 4.74 Å². The van der Waals surface area contributed by atoms with Gasteiger partial charge in [-0.05, 0) is 35.9 Å². The number of halogens is 2. The highest BCUT2D eigenvalue weighted by atomic mass is 35.5. The minimum atomic E-state index is -0.548. The monoisotopic (exact) mass is 264 g/mol. The van der Waals surface area contributed by atoms with Gasteiger partial charge in [-0.2, -0.15) is 0 Å². The molecule has 92 valence electrons. The number of benzene rings is 2. The molecule has 18 heavy (non-hydrogen) atoms. The molecule has 0 N–H and O–H groups in total. The molecule has 0 bridgehead atoms. The second-order valence-corrected chi connectivity index (χ2v) is 4.16. The highest BCUT2D eigenvalue weighted by Gasteiger charge is 2.04. The fraction of sp³-hybridized carbons (Fsp3) is 0.0714. The number of aldehydes is 1. The van der Waals surface area contributed by atoms with E-state index in [1.807, 2.05) is 0 Å². The SMILES string of the molecule is O=Cc1ccc(OCc2ccc(Cl)cc2)c(F)c1. The maximum absolute atomic E-state index is 13.5. The van der Waals surface area contributed by atoms with Gasteiger partial charge in [0.05, 0.1) is 0 Å². The van der Waals surface area contributed by atoms with Crippen LogP contribution in [0.5, 0.6) is 5.75 Å².